The Bertz CT molecular complexity index is 857. The predicted molar refractivity (Wildman–Crippen MR) is 100 cm³/mol. The third kappa shape index (κ3) is 5.05. The number of sulfone groups is 1. The first-order chi connectivity index (χ1) is 12.2. The fourth-order valence-electron chi connectivity index (χ4n) is 2.82. The van der Waals surface area contributed by atoms with E-state index in [1.54, 1.807) is 19.9 Å². The van der Waals surface area contributed by atoms with Gasteiger partial charge in [-0.1, -0.05) is 19.4 Å². The topological polar surface area (TPSA) is 101 Å². The SMILES string of the molecule is CCS(=O)(=O)CCNC(=O)c1cc(S(=O)(=O)N2CCCCC2)ccc1C. The van der Waals surface area contributed by atoms with Crippen LogP contribution in [0.3, 0.4) is 0 Å². The van der Waals surface area contributed by atoms with Gasteiger partial charge in [-0.2, -0.15) is 4.31 Å². The first-order valence-electron chi connectivity index (χ1n) is 8.77. The molecular weight excluding hydrogens is 376 g/mol. The van der Waals surface area contributed by atoms with Gasteiger partial charge in [-0.3, -0.25) is 4.79 Å². The van der Waals surface area contributed by atoms with Crippen LogP contribution < -0.4 is 5.32 Å². The highest BCUT2D eigenvalue weighted by molar-refractivity contribution is 7.91. The summed E-state index contributed by atoms with van der Waals surface area (Å²) in [5.41, 5.74) is 0.885. The van der Waals surface area contributed by atoms with E-state index in [1.165, 1.54) is 16.4 Å². The van der Waals surface area contributed by atoms with Crippen molar-refractivity contribution >= 4 is 25.8 Å². The molecule has 1 aromatic carbocycles. The second-order valence-electron chi connectivity index (χ2n) is 6.43. The van der Waals surface area contributed by atoms with E-state index < -0.39 is 25.8 Å². The second-order valence-corrected chi connectivity index (χ2v) is 10.8. The highest BCUT2D eigenvalue weighted by Crippen LogP contribution is 2.22. The van der Waals surface area contributed by atoms with Gasteiger partial charge in [0.15, 0.2) is 9.84 Å². The van der Waals surface area contributed by atoms with Crippen molar-refractivity contribution in [3.63, 3.8) is 0 Å². The van der Waals surface area contributed by atoms with Crippen LogP contribution in [0.5, 0.6) is 0 Å². The van der Waals surface area contributed by atoms with Gasteiger partial charge >= 0.3 is 0 Å². The molecule has 0 unspecified atom stereocenters. The number of hydrogen-bond donors (Lipinski definition) is 1. The molecule has 26 heavy (non-hydrogen) atoms. The van der Waals surface area contributed by atoms with E-state index in [4.69, 9.17) is 0 Å². The third-order valence-electron chi connectivity index (χ3n) is 4.54. The van der Waals surface area contributed by atoms with Gasteiger partial charge in [-0.05, 0) is 37.5 Å². The summed E-state index contributed by atoms with van der Waals surface area (Å²) in [4.78, 5) is 12.5. The third-order valence-corrected chi connectivity index (χ3v) is 8.15. The maximum atomic E-state index is 12.8. The van der Waals surface area contributed by atoms with Gasteiger partial charge in [-0.25, -0.2) is 16.8 Å². The maximum Gasteiger partial charge on any atom is 0.251 e. The van der Waals surface area contributed by atoms with Gasteiger partial charge in [0.05, 0.1) is 10.6 Å². The van der Waals surface area contributed by atoms with E-state index in [0.29, 0.717) is 18.7 Å². The van der Waals surface area contributed by atoms with Crippen molar-refractivity contribution in [3.8, 4) is 0 Å². The highest BCUT2D eigenvalue weighted by Gasteiger charge is 2.27. The number of nitrogens with one attached hydrogen (secondary N) is 1. The highest BCUT2D eigenvalue weighted by atomic mass is 32.2. The van der Waals surface area contributed by atoms with Gasteiger partial charge in [0, 0.05) is 31.0 Å². The lowest BCUT2D eigenvalue weighted by molar-refractivity contribution is 0.0955. The lowest BCUT2D eigenvalue weighted by atomic mass is 10.1. The summed E-state index contributed by atoms with van der Waals surface area (Å²) in [5.74, 6) is -0.588. The molecule has 1 N–H and O–H groups in total. The van der Waals surface area contributed by atoms with Crippen LogP contribution in [-0.2, 0) is 19.9 Å². The Balaban J connectivity index is 2.17. The van der Waals surface area contributed by atoms with E-state index >= 15 is 0 Å². The van der Waals surface area contributed by atoms with Crippen LogP contribution in [0.2, 0.25) is 0 Å². The van der Waals surface area contributed by atoms with Crippen molar-refractivity contribution in [2.45, 2.75) is 38.0 Å². The smallest absolute Gasteiger partial charge is 0.251 e. The molecule has 1 fully saturated rings. The molecule has 1 amide bonds. The average molecular weight is 403 g/mol. The number of sulfonamides is 1. The van der Waals surface area contributed by atoms with Crippen molar-refractivity contribution in [2.75, 3.05) is 31.1 Å². The molecular formula is C17H26N2O5S2. The van der Waals surface area contributed by atoms with E-state index in [9.17, 15) is 21.6 Å². The fourth-order valence-corrected chi connectivity index (χ4v) is 5.07. The first-order valence-corrected chi connectivity index (χ1v) is 12.0. The fraction of sp³-hybridized carbons (Fsp3) is 0.588. The number of carbonyl (C=O) groups excluding carboxylic acids is 1. The summed E-state index contributed by atoms with van der Waals surface area (Å²) < 4.78 is 50.0. The lowest BCUT2D eigenvalue weighted by Crippen LogP contribution is -2.36. The van der Waals surface area contributed by atoms with Crippen LogP contribution in [0, 0.1) is 6.92 Å². The minimum Gasteiger partial charge on any atom is -0.351 e. The molecule has 7 nitrogen and oxygen atoms in total. The normalized spacial score (nSPS) is 16.4. The van der Waals surface area contributed by atoms with Crippen molar-refractivity contribution in [1.82, 2.24) is 9.62 Å². The van der Waals surface area contributed by atoms with Crippen LogP contribution >= 0.6 is 0 Å². The molecule has 0 spiro atoms. The Morgan fingerprint density at radius 2 is 1.77 bits per heavy atom. The van der Waals surface area contributed by atoms with Crippen LogP contribution in [0.1, 0.15) is 42.1 Å². The summed E-state index contributed by atoms with van der Waals surface area (Å²) >= 11 is 0. The van der Waals surface area contributed by atoms with Crippen molar-refractivity contribution in [2.24, 2.45) is 0 Å². The zero-order valence-corrected chi connectivity index (χ0v) is 16.8. The number of rotatable bonds is 7. The van der Waals surface area contributed by atoms with E-state index in [2.05, 4.69) is 5.32 Å². The lowest BCUT2D eigenvalue weighted by Gasteiger charge is -2.26. The van der Waals surface area contributed by atoms with Crippen LogP contribution in [0.15, 0.2) is 23.1 Å². The second kappa shape index (κ2) is 8.49. The van der Waals surface area contributed by atoms with Crippen molar-refractivity contribution < 1.29 is 21.6 Å². The zero-order valence-electron chi connectivity index (χ0n) is 15.2. The zero-order chi connectivity index (χ0) is 19.4. The standard InChI is InChI=1S/C17H26N2O5S2/c1-3-25(21,22)12-9-18-17(20)16-13-15(8-7-14(16)2)26(23,24)19-10-5-4-6-11-19/h7-8,13H,3-6,9-12H2,1-2H3,(H,18,20). The Hall–Kier alpha value is -1.45. The molecule has 0 radical (unpaired) electrons. The van der Waals surface area contributed by atoms with Gasteiger partial charge in [0.25, 0.3) is 5.91 Å². The van der Waals surface area contributed by atoms with Crippen LogP contribution in [0.25, 0.3) is 0 Å². The molecule has 1 aliphatic rings. The molecule has 0 saturated carbocycles. The molecule has 1 saturated heterocycles. The summed E-state index contributed by atoms with van der Waals surface area (Å²) in [6, 6.07) is 4.50. The number of hydrogen-bond acceptors (Lipinski definition) is 5. The summed E-state index contributed by atoms with van der Waals surface area (Å²) in [7, 11) is -6.80. The Morgan fingerprint density at radius 3 is 2.38 bits per heavy atom. The van der Waals surface area contributed by atoms with E-state index in [1.807, 2.05) is 0 Å². The maximum absolute atomic E-state index is 12.8. The molecule has 1 aromatic rings. The number of aryl methyl sites for hydroxylation is 1. The first kappa shape index (κ1) is 20.9. The summed E-state index contributed by atoms with van der Waals surface area (Å²) in [6.45, 7) is 4.25. The van der Waals surface area contributed by atoms with Crippen molar-refractivity contribution in [1.29, 1.82) is 0 Å². The summed E-state index contributed by atoms with van der Waals surface area (Å²) in [5, 5.41) is 2.56. The number of carbonyl (C=O) groups is 1. The van der Waals surface area contributed by atoms with E-state index in [-0.39, 0.29) is 28.5 Å². The molecule has 0 atom stereocenters. The Kier molecular flexibility index (Phi) is 6.81. The number of piperidine rings is 1. The quantitative estimate of drug-likeness (QED) is 0.742. The van der Waals surface area contributed by atoms with E-state index in [0.717, 1.165) is 19.3 Å². The molecule has 146 valence electrons. The molecule has 0 bridgehead atoms. The van der Waals surface area contributed by atoms with Gasteiger partial charge in [-0.15, -0.1) is 0 Å². The average Bonchev–Trinajstić information content (AvgIpc) is 2.62. The van der Waals surface area contributed by atoms with Gasteiger partial charge in [0.1, 0.15) is 0 Å². The van der Waals surface area contributed by atoms with Gasteiger partial charge in [0.2, 0.25) is 10.0 Å². The van der Waals surface area contributed by atoms with Gasteiger partial charge < -0.3 is 5.32 Å². The number of nitrogens with zero attached hydrogens (tertiary/aromatic N) is 1. The molecule has 9 heteroatoms. The minimum atomic E-state index is -3.63. The largest absolute Gasteiger partial charge is 0.351 e. The molecule has 1 aliphatic heterocycles. The Morgan fingerprint density at radius 1 is 1.12 bits per heavy atom. The Labute approximate surface area is 155 Å². The molecule has 0 aliphatic carbocycles. The predicted octanol–water partition coefficient (Wildman–Crippen LogP) is 1.33. The molecule has 1 heterocycles. The minimum absolute atomic E-state index is 0.00243. The number of benzene rings is 1. The molecule has 2 rings (SSSR count). The van der Waals surface area contributed by atoms with Crippen molar-refractivity contribution in [3.05, 3.63) is 29.3 Å². The van der Waals surface area contributed by atoms with Crippen LogP contribution in [0.4, 0.5) is 0 Å². The van der Waals surface area contributed by atoms with Crippen LogP contribution in [-0.4, -0.2) is 58.2 Å². The molecule has 0 aromatic heterocycles. The summed E-state index contributed by atoms with van der Waals surface area (Å²) in [6.07, 6.45) is 2.70. The monoisotopic (exact) mass is 402 g/mol. The number of amides is 1.